The highest BCUT2D eigenvalue weighted by molar-refractivity contribution is 7.89. The largest absolute Gasteiger partial charge is 0.488 e. The number of sulfonamides is 1. The number of hydrogen-bond donors (Lipinski definition) is 1. The molecular formula is C18H20ClNO3S. The number of ether oxygens (including phenoxy) is 1. The van der Waals surface area contributed by atoms with Gasteiger partial charge in [-0.25, -0.2) is 13.1 Å². The Bertz CT molecular complexity index is 862. The molecule has 3 rings (SSSR count). The van der Waals surface area contributed by atoms with Crippen LogP contribution in [0.5, 0.6) is 5.75 Å². The van der Waals surface area contributed by atoms with Crippen molar-refractivity contribution in [2.24, 2.45) is 0 Å². The van der Waals surface area contributed by atoms with Gasteiger partial charge in [-0.3, -0.25) is 0 Å². The van der Waals surface area contributed by atoms with Gasteiger partial charge in [-0.1, -0.05) is 29.8 Å². The molecule has 24 heavy (non-hydrogen) atoms. The molecule has 0 unspecified atom stereocenters. The fraction of sp³-hybridized carbons (Fsp3) is 0.333. The molecule has 4 nitrogen and oxygen atoms in total. The molecule has 0 fully saturated rings. The first-order valence-electron chi connectivity index (χ1n) is 7.82. The van der Waals surface area contributed by atoms with E-state index in [4.69, 9.17) is 16.3 Å². The molecule has 0 amide bonds. The number of halogens is 1. The third-order valence-corrected chi connectivity index (χ3v) is 5.90. The van der Waals surface area contributed by atoms with E-state index in [1.165, 1.54) is 0 Å². The SMILES string of the molecule is CC1(C)CCc2cc(S(=O)(=O)NCc3ccccc3Cl)ccc2O1. The topological polar surface area (TPSA) is 55.4 Å². The second-order valence-electron chi connectivity index (χ2n) is 6.55. The Labute approximate surface area is 147 Å². The summed E-state index contributed by atoms with van der Waals surface area (Å²) in [5.74, 6) is 0.760. The normalized spacial score (nSPS) is 16.3. The van der Waals surface area contributed by atoms with E-state index >= 15 is 0 Å². The maximum Gasteiger partial charge on any atom is 0.240 e. The Morgan fingerprint density at radius 3 is 2.71 bits per heavy atom. The maximum atomic E-state index is 12.5. The Hall–Kier alpha value is -1.56. The quantitative estimate of drug-likeness (QED) is 0.893. The van der Waals surface area contributed by atoms with Crippen LogP contribution in [0, 0.1) is 0 Å². The molecule has 1 aliphatic rings. The number of fused-ring (bicyclic) bond motifs is 1. The zero-order valence-electron chi connectivity index (χ0n) is 13.7. The van der Waals surface area contributed by atoms with Gasteiger partial charge >= 0.3 is 0 Å². The van der Waals surface area contributed by atoms with Gasteiger partial charge in [0.2, 0.25) is 10.0 Å². The number of hydrogen-bond acceptors (Lipinski definition) is 3. The molecule has 1 heterocycles. The van der Waals surface area contributed by atoms with E-state index in [2.05, 4.69) is 4.72 Å². The van der Waals surface area contributed by atoms with Crippen LogP contribution in [0.3, 0.4) is 0 Å². The van der Waals surface area contributed by atoms with Gasteiger partial charge < -0.3 is 4.74 Å². The van der Waals surface area contributed by atoms with E-state index < -0.39 is 10.0 Å². The van der Waals surface area contributed by atoms with Crippen LogP contribution in [0.25, 0.3) is 0 Å². The minimum Gasteiger partial charge on any atom is -0.488 e. The van der Waals surface area contributed by atoms with Crippen molar-refractivity contribution in [3.63, 3.8) is 0 Å². The predicted molar refractivity (Wildman–Crippen MR) is 94.9 cm³/mol. The van der Waals surface area contributed by atoms with Gasteiger partial charge in [0.05, 0.1) is 4.90 Å². The highest BCUT2D eigenvalue weighted by Gasteiger charge is 2.27. The third kappa shape index (κ3) is 3.74. The Balaban J connectivity index is 1.79. The first kappa shape index (κ1) is 17.3. The highest BCUT2D eigenvalue weighted by Crippen LogP contribution is 2.34. The van der Waals surface area contributed by atoms with Crippen molar-refractivity contribution in [3.8, 4) is 5.75 Å². The molecule has 1 N–H and O–H groups in total. The van der Waals surface area contributed by atoms with E-state index in [0.717, 1.165) is 29.7 Å². The lowest BCUT2D eigenvalue weighted by molar-refractivity contribution is 0.0845. The lowest BCUT2D eigenvalue weighted by Gasteiger charge is -2.32. The molecule has 128 valence electrons. The molecule has 2 aromatic carbocycles. The average Bonchev–Trinajstić information content (AvgIpc) is 2.53. The first-order valence-corrected chi connectivity index (χ1v) is 9.68. The molecule has 0 saturated carbocycles. The minimum absolute atomic E-state index is 0.155. The van der Waals surface area contributed by atoms with Crippen LogP contribution in [-0.2, 0) is 23.0 Å². The van der Waals surface area contributed by atoms with Crippen LogP contribution < -0.4 is 9.46 Å². The Kier molecular flexibility index (Phi) is 4.60. The van der Waals surface area contributed by atoms with Crippen LogP contribution in [0.1, 0.15) is 31.4 Å². The lowest BCUT2D eigenvalue weighted by Crippen LogP contribution is -2.32. The summed E-state index contributed by atoms with van der Waals surface area (Å²) in [6, 6.07) is 12.2. The summed E-state index contributed by atoms with van der Waals surface area (Å²) >= 11 is 6.07. The Morgan fingerprint density at radius 1 is 1.21 bits per heavy atom. The van der Waals surface area contributed by atoms with Gasteiger partial charge in [0.1, 0.15) is 11.4 Å². The van der Waals surface area contributed by atoms with Gasteiger partial charge in [-0.15, -0.1) is 0 Å². The van der Waals surface area contributed by atoms with Crippen LogP contribution in [0.4, 0.5) is 0 Å². The fourth-order valence-electron chi connectivity index (χ4n) is 2.70. The summed E-state index contributed by atoms with van der Waals surface area (Å²) < 4.78 is 33.6. The van der Waals surface area contributed by atoms with Crippen molar-refractivity contribution in [2.45, 2.75) is 43.7 Å². The minimum atomic E-state index is -3.60. The van der Waals surface area contributed by atoms with E-state index in [0.29, 0.717) is 5.02 Å². The maximum absolute atomic E-state index is 12.5. The number of aryl methyl sites for hydroxylation is 1. The zero-order valence-corrected chi connectivity index (χ0v) is 15.2. The molecule has 0 bridgehead atoms. The van der Waals surface area contributed by atoms with Gasteiger partial charge in [-0.05, 0) is 62.1 Å². The second kappa shape index (κ2) is 6.39. The van der Waals surface area contributed by atoms with Crippen molar-refractivity contribution in [1.82, 2.24) is 4.72 Å². The van der Waals surface area contributed by atoms with E-state index in [1.54, 1.807) is 30.3 Å². The molecular weight excluding hydrogens is 346 g/mol. The molecule has 0 aliphatic carbocycles. The van der Waals surface area contributed by atoms with Crippen LogP contribution in [-0.4, -0.2) is 14.0 Å². The summed E-state index contributed by atoms with van der Waals surface area (Å²) in [6.45, 7) is 4.22. The third-order valence-electron chi connectivity index (χ3n) is 4.14. The number of benzene rings is 2. The molecule has 0 aromatic heterocycles. The summed E-state index contributed by atoms with van der Waals surface area (Å²) in [5, 5.41) is 0.543. The van der Waals surface area contributed by atoms with Gasteiger partial charge in [0.25, 0.3) is 0 Å². The zero-order chi connectivity index (χ0) is 17.4. The average molecular weight is 366 g/mol. The standard InChI is InChI=1S/C18H20ClNO3S/c1-18(2)10-9-13-11-15(7-8-17(13)23-18)24(21,22)20-12-14-5-3-4-6-16(14)19/h3-8,11,20H,9-10,12H2,1-2H3. The van der Waals surface area contributed by atoms with Gasteiger partial charge in [0, 0.05) is 11.6 Å². The Morgan fingerprint density at radius 2 is 1.96 bits per heavy atom. The number of rotatable bonds is 4. The van der Waals surface area contributed by atoms with Gasteiger partial charge in [-0.2, -0.15) is 0 Å². The molecule has 0 atom stereocenters. The van der Waals surface area contributed by atoms with E-state index in [1.807, 2.05) is 26.0 Å². The molecule has 1 aliphatic heterocycles. The molecule has 0 saturated heterocycles. The van der Waals surface area contributed by atoms with E-state index in [-0.39, 0.29) is 17.0 Å². The summed E-state index contributed by atoms with van der Waals surface area (Å²) in [6.07, 6.45) is 1.66. The fourth-order valence-corrected chi connectivity index (χ4v) is 3.96. The smallest absolute Gasteiger partial charge is 0.240 e. The lowest BCUT2D eigenvalue weighted by atomic mass is 9.94. The monoisotopic (exact) mass is 365 g/mol. The van der Waals surface area contributed by atoms with Crippen LogP contribution >= 0.6 is 11.6 Å². The van der Waals surface area contributed by atoms with Crippen LogP contribution in [0.2, 0.25) is 5.02 Å². The molecule has 0 radical (unpaired) electrons. The summed E-state index contributed by atoms with van der Waals surface area (Å²) in [7, 11) is -3.60. The van der Waals surface area contributed by atoms with Crippen LogP contribution in [0.15, 0.2) is 47.4 Å². The second-order valence-corrected chi connectivity index (χ2v) is 8.72. The molecule has 0 spiro atoms. The van der Waals surface area contributed by atoms with Gasteiger partial charge in [0.15, 0.2) is 0 Å². The van der Waals surface area contributed by atoms with Crippen molar-refractivity contribution < 1.29 is 13.2 Å². The van der Waals surface area contributed by atoms with Crippen molar-refractivity contribution in [1.29, 1.82) is 0 Å². The molecule has 2 aromatic rings. The van der Waals surface area contributed by atoms with Crippen molar-refractivity contribution in [3.05, 3.63) is 58.6 Å². The highest BCUT2D eigenvalue weighted by atomic mass is 35.5. The van der Waals surface area contributed by atoms with Crippen molar-refractivity contribution >= 4 is 21.6 Å². The summed E-state index contributed by atoms with van der Waals surface area (Å²) in [5.41, 5.74) is 1.45. The predicted octanol–water partition coefficient (Wildman–Crippen LogP) is 3.92. The number of nitrogens with one attached hydrogen (secondary N) is 1. The summed E-state index contributed by atoms with van der Waals surface area (Å²) in [4.78, 5) is 0.247. The van der Waals surface area contributed by atoms with Crippen molar-refractivity contribution in [2.75, 3.05) is 0 Å². The van der Waals surface area contributed by atoms with E-state index in [9.17, 15) is 8.42 Å². The first-order chi connectivity index (χ1) is 11.3. The molecule has 6 heteroatoms.